The average molecular weight is 611 g/mol. The first kappa shape index (κ1) is 38.9. The first-order valence-electron chi connectivity index (χ1n) is 18.4. The zero-order valence-electron chi connectivity index (χ0n) is 30.1. The van der Waals surface area contributed by atoms with E-state index in [2.05, 4.69) is 71.1 Å². The Kier molecular flexibility index (Phi) is 20.8. The van der Waals surface area contributed by atoms with E-state index >= 15 is 0 Å². The molecule has 4 aliphatic rings. The summed E-state index contributed by atoms with van der Waals surface area (Å²) in [5.41, 5.74) is 0. The lowest BCUT2D eigenvalue weighted by molar-refractivity contribution is 0.0198. The van der Waals surface area contributed by atoms with E-state index in [4.69, 9.17) is 9.47 Å². The predicted octanol–water partition coefficient (Wildman–Crippen LogP) is 4.30. The Bertz CT molecular complexity index is 638. The summed E-state index contributed by atoms with van der Waals surface area (Å²) < 4.78 is 11.3. The number of ether oxygens (including phenoxy) is 2. The van der Waals surface area contributed by atoms with Gasteiger partial charge in [0.25, 0.3) is 0 Å². The summed E-state index contributed by atoms with van der Waals surface area (Å²) in [7, 11) is 2.23. The SMILES string of the molecule is CC.CCC(C)OCCN1CCN(C2CCN(C(C)C)CC2)CC1.CCOCCN1CCC(CN2CCN(C)CC2)CC1. The fourth-order valence-electron chi connectivity index (χ4n) is 6.75. The molecule has 0 saturated carbocycles. The largest absolute Gasteiger partial charge is 0.380 e. The Morgan fingerprint density at radius 3 is 1.77 bits per heavy atom. The Morgan fingerprint density at radius 2 is 1.21 bits per heavy atom. The molecule has 0 N–H and O–H groups in total. The first-order chi connectivity index (χ1) is 20.9. The number of nitrogens with zero attached hydrogens (tertiary/aromatic N) is 6. The lowest BCUT2D eigenvalue weighted by atomic mass is 9.96. The van der Waals surface area contributed by atoms with Gasteiger partial charge in [0.1, 0.15) is 0 Å². The van der Waals surface area contributed by atoms with Crippen LogP contribution in [-0.2, 0) is 9.47 Å². The van der Waals surface area contributed by atoms with Gasteiger partial charge in [0, 0.05) is 90.7 Å². The van der Waals surface area contributed by atoms with E-state index in [1.54, 1.807) is 0 Å². The molecule has 43 heavy (non-hydrogen) atoms. The molecular weight excluding hydrogens is 536 g/mol. The van der Waals surface area contributed by atoms with Gasteiger partial charge in [-0.1, -0.05) is 20.8 Å². The molecule has 4 aliphatic heterocycles. The van der Waals surface area contributed by atoms with Gasteiger partial charge in [-0.15, -0.1) is 0 Å². The molecule has 0 radical (unpaired) electrons. The number of likely N-dealkylation sites (tertiary alicyclic amines) is 2. The van der Waals surface area contributed by atoms with Gasteiger partial charge in [0.15, 0.2) is 0 Å². The van der Waals surface area contributed by atoms with Crippen molar-refractivity contribution >= 4 is 0 Å². The van der Waals surface area contributed by atoms with Gasteiger partial charge >= 0.3 is 0 Å². The molecule has 4 saturated heterocycles. The lowest BCUT2D eigenvalue weighted by Gasteiger charge is -2.43. The number of rotatable bonds is 13. The predicted molar refractivity (Wildman–Crippen MR) is 184 cm³/mol. The minimum atomic E-state index is 0.410. The third kappa shape index (κ3) is 15.7. The number of piperidine rings is 2. The Balaban J connectivity index is 0.000000286. The molecule has 8 nitrogen and oxygen atoms in total. The monoisotopic (exact) mass is 611 g/mol. The van der Waals surface area contributed by atoms with Crippen molar-refractivity contribution in [3.05, 3.63) is 0 Å². The molecule has 0 spiro atoms. The van der Waals surface area contributed by atoms with Crippen molar-refractivity contribution < 1.29 is 9.47 Å². The van der Waals surface area contributed by atoms with E-state index in [0.29, 0.717) is 12.1 Å². The average Bonchev–Trinajstić information content (AvgIpc) is 3.04. The van der Waals surface area contributed by atoms with Crippen molar-refractivity contribution in [1.82, 2.24) is 29.4 Å². The summed E-state index contributed by atoms with van der Waals surface area (Å²) in [4.78, 5) is 15.6. The molecule has 0 aliphatic carbocycles. The highest BCUT2D eigenvalue weighted by Crippen LogP contribution is 2.20. The van der Waals surface area contributed by atoms with Crippen LogP contribution in [-0.4, -0.2) is 173 Å². The van der Waals surface area contributed by atoms with E-state index < -0.39 is 0 Å². The summed E-state index contributed by atoms with van der Waals surface area (Å²) >= 11 is 0. The number of piperazine rings is 2. The van der Waals surface area contributed by atoms with Crippen molar-refractivity contribution in [3.63, 3.8) is 0 Å². The van der Waals surface area contributed by atoms with Crippen molar-refractivity contribution in [2.45, 2.75) is 98.8 Å². The van der Waals surface area contributed by atoms with Crippen LogP contribution in [0, 0.1) is 5.92 Å². The molecule has 0 aromatic rings. The topological polar surface area (TPSA) is 37.9 Å². The molecule has 4 fully saturated rings. The third-order valence-corrected chi connectivity index (χ3v) is 10.1. The fourth-order valence-corrected chi connectivity index (χ4v) is 6.75. The van der Waals surface area contributed by atoms with Crippen LogP contribution in [0.3, 0.4) is 0 Å². The van der Waals surface area contributed by atoms with Crippen LogP contribution in [0.1, 0.15) is 80.6 Å². The second-order valence-electron chi connectivity index (χ2n) is 13.4. The minimum absolute atomic E-state index is 0.410. The molecule has 1 atom stereocenters. The fraction of sp³-hybridized carbons (Fsp3) is 1.00. The van der Waals surface area contributed by atoms with E-state index in [1.165, 1.54) is 111 Å². The first-order valence-corrected chi connectivity index (χ1v) is 18.4. The summed E-state index contributed by atoms with van der Waals surface area (Å²) in [5, 5.41) is 0. The summed E-state index contributed by atoms with van der Waals surface area (Å²) in [6.07, 6.45) is 6.98. The van der Waals surface area contributed by atoms with Gasteiger partial charge in [-0.3, -0.25) is 9.80 Å². The maximum Gasteiger partial charge on any atom is 0.0597 e. The normalized spacial score (nSPS) is 23.9. The summed E-state index contributed by atoms with van der Waals surface area (Å²) in [6, 6.07) is 1.54. The molecular formula is C35H74N6O2. The molecule has 0 bridgehead atoms. The number of hydrogen-bond acceptors (Lipinski definition) is 8. The van der Waals surface area contributed by atoms with Gasteiger partial charge in [0.05, 0.1) is 19.3 Å². The molecule has 0 amide bonds. The molecule has 4 heterocycles. The van der Waals surface area contributed by atoms with Crippen LogP contribution in [0.4, 0.5) is 0 Å². The minimum Gasteiger partial charge on any atom is -0.380 e. The van der Waals surface area contributed by atoms with E-state index in [-0.39, 0.29) is 0 Å². The second-order valence-corrected chi connectivity index (χ2v) is 13.4. The molecule has 0 aromatic carbocycles. The summed E-state index contributed by atoms with van der Waals surface area (Å²) in [5.74, 6) is 0.923. The van der Waals surface area contributed by atoms with Gasteiger partial charge in [-0.25, -0.2) is 0 Å². The lowest BCUT2D eigenvalue weighted by Crippen LogP contribution is -2.54. The molecule has 1 unspecified atom stereocenters. The maximum absolute atomic E-state index is 5.81. The van der Waals surface area contributed by atoms with Crippen molar-refractivity contribution in [1.29, 1.82) is 0 Å². The van der Waals surface area contributed by atoms with Crippen LogP contribution < -0.4 is 0 Å². The standard InChI is InChI=1S/C18H37N3O.C15H31N3O.C2H6/c1-5-17(4)22-15-14-19-10-12-21(13-11-19)18-6-8-20(9-7-18)16(2)3;1-3-19-13-12-17-6-4-15(5-7-17)14-18-10-8-16(2)9-11-18;1-2/h16-18H,5-15H2,1-4H3;15H,3-14H2,1-2H3;1-2H3. The Labute approximate surface area is 268 Å². The zero-order valence-corrected chi connectivity index (χ0v) is 30.1. The van der Waals surface area contributed by atoms with Crippen LogP contribution >= 0.6 is 0 Å². The van der Waals surface area contributed by atoms with E-state index in [9.17, 15) is 0 Å². The zero-order chi connectivity index (χ0) is 31.5. The van der Waals surface area contributed by atoms with Crippen molar-refractivity contribution in [2.75, 3.05) is 125 Å². The van der Waals surface area contributed by atoms with Gasteiger partial charge in [-0.05, 0) is 98.9 Å². The smallest absolute Gasteiger partial charge is 0.0597 e. The third-order valence-electron chi connectivity index (χ3n) is 10.1. The van der Waals surface area contributed by atoms with Crippen molar-refractivity contribution in [2.24, 2.45) is 5.92 Å². The van der Waals surface area contributed by atoms with Crippen LogP contribution in [0.15, 0.2) is 0 Å². The Morgan fingerprint density at radius 1 is 0.651 bits per heavy atom. The Hall–Kier alpha value is -0.320. The number of hydrogen-bond donors (Lipinski definition) is 0. The highest BCUT2D eigenvalue weighted by Gasteiger charge is 2.28. The molecule has 0 aromatic heterocycles. The number of likely N-dealkylation sites (N-methyl/N-ethyl adjacent to an activating group) is 1. The van der Waals surface area contributed by atoms with Gasteiger partial charge in [0.2, 0.25) is 0 Å². The second kappa shape index (κ2) is 23.1. The summed E-state index contributed by atoms with van der Waals surface area (Å²) in [6.45, 7) is 36.3. The van der Waals surface area contributed by atoms with Gasteiger partial charge in [-0.2, -0.15) is 0 Å². The highest BCUT2D eigenvalue weighted by atomic mass is 16.5. The van der Waals surface area contributed by atoms with Crippen LogP contribution in [0.5, 0.6) is 0 Å². The molecule has 8 heteroatoms. The van der Waals surface area contributed by atoms with Gasteiger partial charge < -0.3 is 29.1 Å². The van der Waals surface area contributed by atoms with E-state index in [1.807, 2.05) is 13.8 Å². The van der Waals surface area contributed by atoms with Crippen LogP contribution in [0.2, 0.25) is 0 Å². The highest BCUT2D eigenvalue weighted by molar-refractivity contribution is 4.84. The van der Waals surface area contributed by atoms with E-state index in [0.717, 1.165) is 51.3 Å². The quantitative estimate of drug-likeness (QED) is 0.286. The molecule has 4 rings (SSSR count). The van der Waals surface area contributed by atoms with Crippen LogP contribution in [0.25, 0.3) is 0 Å². The maximum atomic E-state index is 5.81. The molecule has 256 valence electrons. The van der Waals surface area contributed by atoms with Crippen molar-refractivity contribution in [3.8, 4) is 0 Å².